The maximum atomic E-state index is 12.1. The molecule has 1 amide bonds. The second kappa shape index (κ2) is 7.34. The van der Waals surface area contributed by atoms with E-state index in [1.807, 2.05) is 37.3 Å². The molecule has 0 aliphatic carbocycles. The normalized spacial score (nSPS) is 10.7. The van der Waals surface area contributed by atoms with Gasteiger partial charge in [-0.2, -0.15) is 5.26 Å². The van der Waals surface area contributed by atoms with Crippen LogP contribution >= 0.6 is 11.6 Å². The second-order valence-corrected chi connectivity index (χ2v) is 5.28. The van der Waals surface area contributed by atoms with Gasteiger partial charge in [-0.25, -0.2) is 0 Å². The lowest BCUT2D eigenvalue weighted by atomic mass is 10.2. The molecule has 116 valence electrons. The predicted molar refractivity (Wildman–Crippen MR) is 93.0 cm³/mol. The number of nitrogen functional groups attached to an aromatic ring is 1. The van der Waals surface area contributed by atoms with E-state index < -0.39 is 5.91 Å². The minimum atomic E-state index is -0.534. The number of hydrogen-bond acceptors (Lipinski definition) is 4. The molecule has 4 N–H and O–H groups in total. The van der Waals surface area contributed by atoms with Gasteiger partial charge in [0.2, 0.25) is 0 Å². The first-order valence-corrected chi connectivity index (χ1v) is 7.17. The Morgan fingerprint density at radius 3 is 2.70 bits per heavy atom. The van der Waals surface area contributed by atoms with Gasteiger partial charge in [-0.05, 0) is 42.8 Å². The van der Waals surface area contributed by atoms with Crippen molar-refractivity contribution in [2.24, 2.45) is 0 Å². The average molecular weight is 327 g/mol. The summed E-state index contributed by atoms with van der Waals surface area (Å²) in [4.78, 5) is 12.1. The molecular formula is C17H15ClN4O. The summed E-state index contributed by atoms with van der Waals surface area (Å²) < 4.78 is 0. The Morgan fingerprint density at radius 1 is 1.26 bits per heavy atom. The number of rotatable bonds is 4. The third kappa shape index (κ3) is 4.50. The van der Waals surface area contributed by atoms with Crippen molar-refractivity contribution in [1.82, 2.24) is 0 Å². The lowest BCUT2D eigenvalue weighted by Crippen LogP contribution is -2.14. The monoisotopic (exact) mass is 326 g/mol. The Balaban J connectivity index is 2.10. The summed E-state index contributed by atoms with van der Waals surface area (Å²) >= 11 is 5.90. The highest BCUT2D eigenvalue weighted by Gasteiger charge is 2.10. The van der Waals surface area contributed by atoms with Gasteiger partial charge in [0.25, 0.3) is 5.91 Å². The van der Waals surface area contributed by atoms with E-state index in [-0.39, 0.29) is 5.57 Å². The molecule has 0 saturated heterocycles. The number of halogens is 1. The third-order valence-corrected chi connectivity index (χ3v) is 3.35. The zero-order valence-corrected chi connectivity index (χ0v) is 13.2. The fourth-order valence-corrected chi connectivity index (χ4v) is 2.02. The molecule has 2 rings (SSSR count). The number of anilines is 3. The highest BCUT2D eigenvalue weighted by molar-refractivity contribution is 6.33. The number of nitrogens with two attached hydrogens (primary N) is 1. The molecule has 0 aliphatic heterocycles. The summed E-state index contributed by atoms with van der Waals surface area (Å²) in [5, 5.41) is 15.0. The number of carbonyl (C=O) groups excluding carboxylic acids is 1. The second-order valence-electron chi connectivity index (χ2n) is 4.87. The van der Waals surface area contributed by atoms with E-state index in [1.165, 1.54) is 12.3 Å². The fraction of sp³-hybridized carbons (Fsp3) is 0.0588. The van der Waals surface area contributed by atoms with Crippen molar-refractivity contribution in [2.75, 3.05) is 16.4 Å². The number of nitrogens with zero attached hydrogens (tertiary/aromatic N) is 1. The molecule has 0 saturated carbocycles. The number of nitrogens with one attached hydrogen (secondary N) is 2. The lowest BCUT2D eigenvalue weighted by molar-refractivity contribution is -0.112. The van der Waals surface area contributed by atoms with E-state index in [0.717, 1.165) is 11.3 Å². The highest BCUT2D eigenvalue weighted by Crippen LogP contribution is 2.22. The van der Waals surface area contributed by atoms with Crippen LogP contribution in [0.4, 0.5) is 17.1 Å². The molecule has 0 bridgehead atoms. The molecule has 0 unspecified atom stereocenters. The van der Waals surface area contributed by atoms with Gasteiger partial charge in [0, 0.05) is 17.6 Å². The van der Waals surface area contributed by atoms with Crippen LogP contribution in [-0.2, 0) is 4.79 Å². The Hall–Kier alpha value is -2.97. The largest absolute Gasteiger partial charge is 0.398 e. The smallest absolute Gasteiger partial charge is 0.267 e. The first-order chi connectivity index (χ1) is 11.0. The van der Waals surface area contributed by atoms with Crippen LogP contribution < -0.4 is 16.4 Å². The zero-order chi connectivity index (χ0) is 16.8. The van der Waals surface area contributed by atoms with Crippen molar-refractivity contribution in [3.63, 3.8) is 0 Å². The number of carbonyl (C=O) groups is 1. The Labute approximate surface area is 139 Å². The van der Waals surface area contributed by atoms with Crippen LogP contribution in [0.1, 0.15) is 5.56 Å². The van der Waals surface area contributed by atoms with Crippen molar-refractivity contribution in [3.8, 4) is 6.07 Å². The molecule has 0 fully saturated rings. The maximum Gasteiger partial charge on any atom is 0.267 e. The third-order valence-electron chi connectivity index (χ3n) is 3.02. The highest BCUT2D eigenvalue weighted by atomic mass is 35.5. The van der Waals surface area contributed by atoms with Gasteiger partial charge in [0.05, 0.1) is 10.7 Å². The van der Waals surface area contributed by atoms with Gasteiger partial charge in [-0.1, -0.05) is 23.7 Å². The van der Waals surface area contributed by atoms with Crippen molar-refractivity contribution >= 4 is 34.6 Å². The first kappa shape index (κ1) is 16.4. The standard InChI is InChI=1S/C17H15ClN4O/c1-11-3-2-4-13(7-11)21-10-12(9-19)17(23)22-14-5-6-16(20)15(18)8-14/h2-8,10,21H,20H2,1H3,(H,22,23)/b12-10-. The Kier molecular flexibility index (Phi) is 5.23. The van der Waals surface area contributed by atoms with E-state index in [4.69, 9.17) is 22.6 Å². The Bertz CT molecular complexity index is 808. The molecule has 0 aliphatic rings. The van der Waals surface area contributed by atoms with Gasteiger partial charge < -0.3 is 16.4 Å². The fourth-order valence-electron chi connectivity index (χ4n) is 1.84. The molecule has 6 heteroatoms. The predicted octanol–water partition coefficient (Wildman–Crippen LogP) is 3.69. The van der Waals surface area contributed by atoms with Crippen LogP contribution in [0.25, 0.3) is 0 Å². The summed E-state index contributed by atoms with van der Waals surface area (Å²) in [6.07, 6.45) is 1.36. The van der Waals surface area contributed by atoms with Gasteiger partial charge in [0.15, 0.2) is 0 Å². The number of benzene rings is 2. The molecule has 2 aromatic rings. The molecule has 0 spiro atoms. The lowest BCUT2D eigenvalue weighted by Gasteiger charge is -2.07. The average Bonchev–Trinajstić information content (AvgIpc) is 2.51. The molecule has 5 nitrogen and oxygen atoms in total. The summed E-state index contributed by atoms with van der Waals surface area (Å²) in [7, 11) is 0. The zero-order valence-electron chi connectivity index (χ0n) is 12.4. The van der Waals surface area contributed by atoms with E-state index >= 15 is 0 Å². The van der Waals surface area contributed by atoms with Gasteiger partial charge >= 0.3 is 0 Å². The van der Waals surface area contributed by atoms with Gasteiger partial charge in [-0.15, -0.1) is 0 Å². The van der Waals surface area contributed by atoms with Crippen LogP contribution in [0.15, 0.2) is 54.2 Å². The number of nitriles is 1. The van der Waals surface area contributed by atoms with Crippen LogP contribution in [0.5, 0.6) is 0 Å². The molecule has 0 atom stereocenters. The van der Waals surface area contributed by atoms with Crippen LogP contribution in [-0.4, -0.2) is 5.91 Å². The van der Waals surface area contributed by atoms with Crippen molar-refractivity contribution in [1.29, 1.82) is 5.26 Å². The quantitative estimate of drug-likeness (QED) is 0.454. The van der Waals surface area contributed by atoms with E-state index in [2.05, 4.69) is 10.6 Å². The van der Waals surface area contributed by atoms with Crippen LogP contribution in [0.2, 0.25) is 5.02 Å². The van der Waals surface area contributed by atoms with E-state index in [0.29, 0.717) is 16.4 Å². The minimum Gasteiger partial charge on any atom is -0.398 e. The van der Waals surface area contributed by atoms with Crippen molar-refractivity contribution in [2.45, 2.75) is 6.92 Å². The van der Waals surface area contributed by atoms with Crippen LogP contribution in [0.3, 0.4) is 0 Å². The molecular weight excluding hydrogens is 312 g/mol. The van der Waals surface area contributed by atoms with Crippen molar-refractivity contribution in [3.05, 3.63) is 64.8 Å². The SMILES string of the molecule is Cc1cccc(N/C=C(/C#N)C(=O)Nc2ccc(N)c(Cl)c2)c1. The molecule has 23 heavy (non-hydrogen) atoms. The van der Waals surface area contributed by atoms with Gasteiger partial charge in [0.1, 0.15) is 11.6 Å². The molecule has 0 aromatic heterocycles. The summed E-state index contributed by atoms with van der Waals surface area (Å²) in [5.74, 6) is -0.534. The van der Waals surface area contributed by atoms with Crippen LogP contribution in [0, 0.1) is 18.3 Å². The molecule has 2 aromatic carbocycles. The molecule has 0 heterocycles. The number of aryl methyl sites for hydroxylation is 1. The number of amides is 1. The minimum absolute atomic E-state index is 0.0561. The van der Waals surface area contributed by atoms with E-state index in [9.17, 15) is 4.79 Å². The summed E-state index contributed by atoms with van der Waals surface area (Å²) in [6, 6.07) is 14.2. The maximum absolute atomic E-state index is 12.1. The summed E-state index contributed by atoms with van der Waals surface area (Å²) in [5.41, 5.74) is 8.30. The van der Waals surface area contributed by atoms with Gasteiger partial charge in [-0.3, -0.25) is 4.79 Å². The molecule has 0 radical (unpaired) electrons. The van der Waals surface area contributed by atoms with Crippen molar-refractivity contribution < 1.29 is 4.79 Å². The Morgan fingerprint density at radius 2 is 2.04 bits per heavy atom. The first-order valence-electron chi connectivity index (χ1n) is 6.79. The summed E-state index contributed by atoms with van der Waals surface area (Å²) in [6.45, 7) is 1.96. The topological polar surface area (TPSA) is 90.9 Å². The number of hydrogen-bond donors (Lipinski definition) is 3. The van der Waals surface area contributed by atoms with E-state index in [1.54, 1.807) is 12.1 Å².